The van der Waals surface area contributed by atoms with Crippen LogP contribution in [0.4, 0.5) is 11.4 Å². The maximum atomic E-state index is 12.0. The summed E-state index contributed by atoms with van der Waals surface area (Å²) >= 11 is 0. The third-order valence-electron chi connectivity index (χ3n) is 3.27. The molecule has 128 valence electrons. The molecule has 8 heteroatoms. The number of para-hydroxylation sites is 1. The lowest BCUT2D eigenvalue weighted by Gasteiger charge is -2.11. The Morgan fingerprint density at radius 3 is 2.60 bits per heavy atom. The molecular formula is C17H14N2O6. The molecule has 0 aliphatic carbocycles. The molecule has 0 heterocycles. The fourth-order valence-corrected chi connectivity index (χ4v) is 2.10. The fraction of sp³-hybridized carbons (Fsp3) is 0.118. The SMILES string of the molecule is CC(=O)c1ccccc1NC(=O)COc1ccc([N+](=O)[O-])cc1C=O. The van der Waals surface area contributed by atoms with E-state index < -0.39 is 17.4 Å². The molecular weight excluding hydrogens is 328 g/mol. The van der Waals surface area contributed by atoms with Gasteiger partial charge in [0.1, 0.15) is 5.75 Å². The van der Waals surface area contributed by atoms with Gasteiger partial charge in [-0.15, -0.1) is 0 Å². The summed E-state index contributed by atoms with van der Waals surface area (Å²) in [6.07, 6.45) is 0.408. The van der Waals surface area contributed by atoms with Crippen LogP contribution in [0.5, 0.6) is 5.75 Å². The summed E-state index contributed by atoms with van der Waals surface area (Å²) in [5.74, 6) is -0.685. The van der Waals surface area contributed by atoms with Crippen LogP contribution in [0.1, 0.15) is 27.6 Å². The van der Waals surface area contributed by atoms with Gasteiger partial charge in [0, 0.05) is 17.7 Å². The van der Waals surface area contributed by atoms with E-state index in [1.165, 1.54) is 19.1 Å². The Labute approximate surface area is 142 Å². The van der Waals surface area contributed by atoms with Gasteiger partial charge in [-0.2, -0.15) is 0 Å². The van der Waals surface area contributed by atoms with Crippen LogP contribution >= 0.6 is 0 Å². The van der Waals surface area contributed by atoms with Gasteiger partial charge in [0.25, 0.3) is 11.6 Å². The number of rotatable bonds is 7. The van der Waals surface area contributed by atoms with Gasteiger partial charge in [-0.25, -0.2) is 0 Å². The van der Waals surface area contributed by atoms with Crippen molar-refractivity contribution < 1.29 is 24.0 Å². The summed E-state index contributed by atoms with van der Waals surface area (Å²) < 4.78 is 5.25. The first-order valence-electron chi connectivity index (χ1n) is 7.18. The summed E-state index contributed by atoms with van der Waals surface area (Å²) in [6.45, 7) is 0.958. The smallest absolute Gasteiger partial charge is 0.270 e. The zero-order chi connectivity index (χ0) is 18.4. The Balaban J connectivity index is 2.07. The van der Waals surface area contributed by atoms with E-state index in [0.717, 1.165) is 6.07 Å². The van der Waals surface area contributed by atoms with Crippen molar-refractivity contribution in [2.45, 2.75) is 6.92 Å². The fourth-order valence-electron chi connectivity index (χ4n) is 2.10. The van der Waals surface area contributed by atoms with Crippen LogP contribution in [0.15, 0.2) is 42.5 Å². The number of nitrogens with zero attached hydrogens (tertiary/aromatic N) is 1. The largest absolute Gasteiger partial charge is 0.483 e. The molecule has 2 aromatic rings. The summed E-state index contributed by atoms with van der Waals surface area (Å²) in [4.78, 5) is 44.6. The lowest BCUT2D eigenvalue weighted by atomic mass is 10.1. The van der Waals surface area contributed by atoms with E-state index in [-0.39, 0.29) is 22.8 Å². The van der Waals surface area contributed by atoms with E-state index in [4.69, 9.17) is 4.74 Å². The number of nitrogens with one attached hydrogen (secondary N) is 1. The van der Waals surface area contributed by atoms with Crippen LogP contribution in [0.25, 0.3) is 0 Å². The highest BCUT2D eigenvalue weighted by atomic mass is 16.6. The summed E-state index contributed by atoms with van der Waals surface area (Å²) in [6, 6.07) is 9.99. The van der Waals surface area contributed by atoms with E-state index in [2.05, 4.69) is 5.32 Å². The maximum Gasteiger partial charge on any atom is 0.270 e. The number of aldehydes is 1. The minimum Gasteiger partial charge on any atom is -0.483 e. The van der Waals surface area contributed by atoms with Crippen molar-refractivity contribution in [2.75, 3.05) is 11.9 Å². The highest BCUT2D eigenvalue weighted by molar-refractivity contribution is 6.04. The van der Waals surface area contributed by atoms with E-state index in [1.54, 1.807) is 24.3 Å². The number of hydrogen-bond donors (Lipinski definition) is 1. The molecule has 0 spiro atoms. The van der Waals surface area contributed by atoms with Crippen molar-refractivity contribution in [3.8, 4) is 5.75 Å². The average Bonchev–Trinajstić information content (AvgIpc) is 2.59. The standard InChI is InChI=1S/C17H14N2O6/c1-11(21)14-4-2-3-5-15(14)18-17(22)10-25-16-7-6-13(19(23)24)8-12(16)9-20/h2-9H,10H2,1H3,(H,18,22). The number of nitro benzene ring substituents is 1. The number of ketones is 1. The molecule has 0 aliphatic rings. The van der Waals surface area contributed by atoms with Gasteiger partial charge in [-0.05, 0) is 25.1 Å². The lowest BCUT2D eigenvalue weighted by molar-refractivity contribution is -0.384. The van der Waals surface area contributed by atoms with Gasteiger partial charge in [0.15, 0.2) is 18.7 Å². The first kappa shape index (κ1) is 17.8. The average molecular weight is 342 g/mol. The van der Waals surface area contributed by atoms with Gasteiger partial charge in [-0.3, -0.25) is 24.5 Å². The summed E-state index contributed by atoms with van der Waals surface area (Å²) in [5, 5.41) is 13.2. The third-order valence-corrected chi connectivity index (χ3v) is 3.27. The Kier molecular flexibility index (Phi) is 5.57. The van der Waals surface area contributed by atoms with Gasteiger partial charge in [-0.1, -0.05) is 12.1 Å². The second-order valence-corrected chi connectivity index (χ2v) is 5.04. The topological polar surface area (TPSA) is 116 Å². The van der Waals surface area contributed by atoms with E-state index in [9.17, 15) is 24.5 Å². The minimum absolute atomic E-state index is 0.0360. The summed E-state index contributed by atoms with van der Waals surface area (Å²) in [7, 11) is 0. The predicted octanol–water partition coefficient (Wildman–Crippen LogP) is 2.63. The number of non-ortho nitro benzene ring substituents is 1. The molecule has 0 radical (unpaired) electrons. The monoisotopic (exact) mass is 342 g/mol. The number of hydrogen-bond acceptors (Lipinski definition) is 6. The first-order valence-corrected chi connectivity index (χ1v) is 7.18. The molecule has 0 aromatic heterocycles. The predicted molar refractivity (Wildman–Crippen MR) is 89.1 cm³/mol. The number of anilines is 1. The number of benzene rings is 2. The number of carbonyl (C=O) groups excluding carboxylic acids is 3. The van der Waals surface area contributed by atoms with Crippen molar-refractivity contribution >= 4 is 29.4 Å². The van der Waals surface area contributed by atoms with Gasteiger partial charge in [0.2, 0.25) is 0 Å². The Morgan fingerprint density at radius 1 is 1.24 bits per heavy atom. The number of carbonyl (C=O) groups is 3. The molecule has 0 saturated heterocycles. The van der Waals surface area contributed by atoms with Crippen molar-refractivity contribution in [3.63, 3.8) is 0 Å². The highest BCUT2D eigenvalue weighted by Crippen LogP contribution is 2.23. The maximum absolute atomic E-state index is 12.0. The first-order chi connectivity index (χ1) is 11.9. The second kappa shape index (κ2) is 7.82. The number of Topliss-reactive ketones (excluding diaryl/α,β-unsaturated/α-hetero) is 1. The van der Waals surface area contributed by atoms with Gasteiger partial charge in [0.05, 0.1) is 16.2 Å². The molecule has 0 saturated carbocycles. The normalized spacial score (nSPS) is 9.96. The van der Waals surface area contributed by atoms with Crippen LogP contribution in [0.3, 0.4) is 0 Å². The molecule has 0 bridgehead atoms. The minimum atomic E-state index is -0.637. The van der Waals surface area contributed by atoms with E-state index in [1.807, 2.05) is 0 Å². The molecule has 25 heavy (non-hydrogen) atoms. The van der Waals surface area contributed by atoms with Crippen LogP contribution in [0.2, 0.25) is 0 Å². The number of nitro groups is 1. The Bertz CT molecular complexity index is 847. The second-order valence-electron chi connectivity index (χ2n) is 5.04. The molecule has 8 nitrogen and oxygen atoms in total. The van der Waals surface area contributed by atoms with Crippen molar-refractivity contribution in [1.82, 2.24) is 0 Å². The van der Waals surface area contributed by atoms with Crippen molar-refractivity contribution in [3.05, 3.63) is 63.7 Å². The van der Waals surface area contributed by atoms with Crippen LogP contribution in [-0.2, 0) is 4.79 Å². The molecule has 0 fully saturated rings. The zero-order valence-electron chi connectivity index (χ0n) is 13.2. The molecule has 1 N–H and O–H groups in total. The summed E-state index contributed by atoms with van der Waals surface area (Å²) in [5.41, 5.74) is 0.420. The molecule has 0 aliphatic heterocycles. The molecule has 2 aromatic carbocycles. The number of ether oxygens (including phenoxy) is 1. The van der Waals surface area contributed by atoms with Crippen molar-refractivity contribution in [1.29, 1.82) is 0 Å². The number of amides is 1. The molecule has 2 rings (SSSR count). The van der Waals surface area contributed by atoms with Crippen LogP contribution in [0, 0.1) is 10.1 Å². The quantitative estimate of drug-likeness (QED) is 0.358. The van der Waals surface area contributed by atoms with Gasteiger partial charge >= 0.3 is 0 Å². The molecule has 1 amide bonds. The van der Waals surface area contributed by atoms with Crippen LogP contribution in [-0.4, -0.2) is 29.5 Å². The molecule has 0 unspecified atom stereocenters. The molecule has 0 atom stereocenters. The third kappa shape index (κ3) is 4.47. The zero-order valence-corrected chi connectivity index (χ0v) is 13.2. The highest BCUT2D eigenvalue weighted by Gasteiger charge is 2.14. The van der Waals surface area contributed by atoms with E-state index >= 15 is 0 Å². The Morgan fingerprint density at radius 2 is 1.96 bits per heavy atom. The Hall–Kier alpha value is -3.55. The van der Waals surface area contributed by atoms with E-state index in [0.29, 0.717) is 17.5 Å². The van der Waals surface area contributed by atoms with Gasteiger partial charge < -0.3 is 10.1 Å². The lowest BCUT2D eigenvalue weighted by Crippen LogP contribution is -2.21. The van der Waals surface area contributed by atoms with Crippen LogP contribution < -0.4 is 10.1 Å². The van der Waals surface area contributed by atoms with Crippen molar-refractivity contribution in [2.24, 2.45) is 0 Å².